The monoisotopic (exact) mass is 1110 g/mol. The van der Waals surface area contributed by atoms with Gasteiger partial charge in [-0.3, -0.25) is 28.5 Å². The van der Waals surface area contributed by atoms with Gasteiger partial charge in [0.2, 0.25) is 11.8 Å². The summed E-state index contributed by atoms with van der Waals surface area (Å²) in [6.45, 7) is 26.0. The highest BCUT2D eigenvalue weighted by Crippen LogP contribution is 2.49. The van der Waals surface area contributed by atoms with Crippen LogP contribution in [0.4, 0.5) is 0 Å². The number of fused-ring (bicyclic) bond motifs is 2. The van der Waals surface area contributed by atoms with Gasteiger partial charge >= 0.3 is 11.9 Å². The maximum absolute atomic E-state index is 13.1. The minimum Gasteiger partial charge on any atom is -0.481 e. The van der Waals surface area contributed by atoms with E-state index in [9.17, 15) is 19.2 Å². The van der Waals surface area contributed by atoms with E-state index in [1.54, 1.807) is 32.0 Å². The Morgan fingerprint density at radius 3 is 1.33 bits per heavy atom. The molecule has 14 nitrogen and oxygen atoms in total. The fourth-order valence-electron chi connectivity index (χ4n) is 12.2. The van der Waals surface area contributed by atoms with Crippen molar-refractivity contribution in [1.29, 1.82) is 0 Å². The first-order valence-electron chi connectivity index (χ1n) is 28.5. The Kier molecular flexibility index (Phi) is 17.0. The molecule has 0 unspecified atom stereocenters. The van der Waals surface area contributed by atoms with E-state index < -0.39 is 5.97 Å². The number of carboxylic acid groups (broad SMARTS) is 1. The van der Waals surface area contributed by atoms with Gasteiger partial charge in [0.15, 0.2) is 0 Å². The molecule has 0 radical (unpaired) electrons. The van der Waals surface area contributed by atoms with Crippen molar-refractivity contribution in [1.82, 2.24) is 39.3 Å². The van der Waals surface area contributed by atoms with Gasteiger partial charge in [0.25, 0.3) is 0 Å². The number of esters is 1. The minimum absolute atomic E-state index is 0.0407. The summed E-state index contributed by atoms with van der Waals surface area (Å²) in [7, 11) is 1.39. The molecule has 422 valence electrons. The van der Waals surface area contributed by atoms with Crippen molar-refractivity contribution in [2.45, 2.75) is 193 Å². The van der Waals surface area contributed by atoms with Gasteiger partial charge in [-0.2, -0.15) is 10.2 Å². The number of hydrogen-bond donors (Lipinski definition) is 1. The summed E-state index contributed by atoms with van der Waals surface area (Å²) in [6, 6.07) is 17.7. The topological polar surface area (TPSA) is 166 Å². The molecular weight excluding hydrogens is 1030 g/mol. The van der Waals surface area contributed by atoms with Gasteiger partial charge in [0, 0.05) is 84.1 Å². The van der Waals surface area contributed by atoms with E-state index in [-0.39, 0.29) is 65.4 Å². The zero-order valence-corrected chi connectivity index (χ0v) is 50.2. The molecule has 2 aromatic carbocycles. The van der Waals surface area contributed by atoms with E-state index in [1.807, 2.05) is 35.8 Å². The van der Waals surface area contributed by atoms with Crippen molar-refractivity contribution >= 4 is 46.4 Å². The highest BCUT2D eigenvalue weighted by atomic mass is 32.1. The second-order valence-corrected chi connectivity index (χ2v) is 27.1. The zero-order chi connectivity index (χ0) is 56.6. The van der Waals surface area contributed by atoms with Crippen molar-refractivity contribution in [3.05, 3.63) is 114 Å². The molecule has 16 heteroatoms. The van der Waals surface area contributed by atoms with Crippen molar-refractivity contribution in [3.8, 4) is 22.5 Å². The number of methoxy groups -OCH3 is 1. The number of benzene rings is 2. The van der Waals surface area contributed by atoms with Crippen LogP contribution in [-0.4, -0.2) is 101 Å². The summed E-state index contributed by atoms with van der Waals surface area (Å²) in [4.78, 5) is 62.4. The van der Waals surface area contributed by atoms with Gasteiger partial charge in [-0.15, -0.1) is 22.7 Å². The van der Waals surface area contributed by atoms with Crippen LogP contribution in [-0.2, 0) is 71.5 Å². The van der Waals surface area contributed by atoms with Crippen LogP contribution in [0.1, 0.15) is 186 Å². The maximum atomic E-state index is 13.1. The number of carbonyl (C=O) groups excluding carboxylic acids is 3. The zero-order valence-electron chi connectivity index (χ0n) is 48.5. The Morgan fingerprint density at radius 2 is 0.949 bits per heavy atom. The number of piperidine rings is 2. The first-order chi connectivity index (χ1) is 37.4. The molecule has 79 heavy (non-hydrogen) atoms. The Balaban J connectivity index is 0.000000192. The lowest BCUT2D eigenvalue weighted by molar-refractivity contribution is -0.140. The van der Waals surface area contributed by atoms with Crippen LogP contribution < -0.4 is 0 Å². The predicted octanol–water partition coefficient (Wildman–Crippen LogP) is 12.3. The normalized spacial score (nSPS) is 18.5. The van der Waals surface area contributed by atoms with Crippen molar-refractivity contribution in [2.24, 2.45) is 0 Å². The smallest absolute Gasteiger partial charge is 0.305 e. The Morgan fingerprint density at radius 1 is 0.570 bits per heavy atom. The summed E-state index contributed by atoms with van der Waals surface area (Å²) < 4.78 is 8.15. The molecule has 6 aromatic rings. The highest BCUT2D eigenvalue weighted by Gasteiger charge is 2.39. The molecule has 6 heterocycles. The SMILES string of the molecule is COC(=O)CCc1cc(C)n(CC(=O)N2CCC(c3nc(-c4ccc5c(c4)C(C)(C)CCC5(C)C)cs3)CC2)n1.Cc1cc(CCC(=O)O)nn1CC(=O)N1CCC(c2nc(-c3ccc4c(c3)C(C)(C)CCC4(C)C)cs2)CC1. The largest absolute Gasteiger partial charge is 0.481 e. The van der Waals surface area contributed by atoms with E-state index in [0.717, 1.165) is 67.2 Å². The lowest BCUT2D eigenvalue weighted by Gasteiger charge is -2.42. The van der Waals surface area contributed by atoms with Crippen LogP contribution in [0.25, 0.3) is 22.5 Å². The minimum atomic E-state index is -0.843. The molecule has 0 bridgehead atoms. The number of carboxylic acids is 1. The molecule has 0 spiro atoms. The number of ether oxygens (including phenoxy) is 1. The molecule has 2 aliphatic heterocycles. The van der Waals surface area contributed by atoms with E-state index in [0.29, 0.717) is 43.5 Å². The van der Waals surface area contributed by atoms with Crippen molar-refractivity contribution < 1.29 is 29.0 Å². The fourth-order valence-corrected chi connectivity index (χ4v) is 14.2. The number of rotatable bonds is 14. The summed E-state index contributed by atoms with van der Waals surface area (Å²) >= 11 is 3.49. The van der Waals surface area contributed by atoms with Crippen LogP contribution in [0.5, 0.6) is 0 Å². The molecule has 4 aliphatic rings. The van der Waals surface area contributed by atoms with E-state index >= 15 is 0 Å². The average Bonchev–Trinajstić information content (AvgIpc) is 4.41. The Bertz CT molecular complexity index is 3190. The molecule has 2 amide bonds. The molecule has 10 rings (SSSR count). The molecular formula is C63H82N8O6S2. The number of aliphatic carboxylic acids is 1. The number of likely N-dealkylation sites (tertiary alicyclic amines) is 2. The summed E-state index contributed by atoms with van der Waals surface area (Å²) in [5.41, 5.74) is 14.5. The number of hydrogen-bond acceptors (Lipinski definition) is 11. The second kappa shape index (κ2) is 23.2. The van der Waals surface area contributed by atoms with Crippen LogP contribution in [0.2, 0.25) is 0 Å². The molecule has 2 saturated heterocycles. The molecule has 0 atom stereocenters. The van der Waals surface area contributed by atoms with Crippen LogP contribution >= 0.6 is 22.7 Å². The molecule has 4 aromatic heterocycles. The van der Waals surface area contributed by atoms with Crippen LogP contribution in [0, 0.1) is 13.8 Å². The average molecular weight is 1110 g/mol. The van der Waals surface area contributed by atoms with E-state index in [2.05, 4.69) is 113 Å². The first kappa shape index (κ1) is 57.7. The van der Waals surface area contributed by atoms with E-state index in [4.69, 9.17) is 19.8 Å². The van der Waals surface area contributed by atoms with Crippen molar-refractivity contribution in [3.63, 3.8) is 0 Å². The van der Waals surface area contributed by atoms with Gasteiger partial charge in [-0.05, 0) is 133 Å². The van der Waals surface area contributed by atoms with Crippen LogP contribution in [0.15, 0.2) is 59.3 Å². The number of aromatic nitrogens is 6. The number of nitrogens with zero attached hydrogens (tertiary/aromatic N) is 8. The Hall–Kier alpha value is -6.00. The Labute approximate surface area is 475 Å². The predicted molar refractivity (Wildman–Crippen MR) is 313 cm³/mol. The number of amides is 2. The third-order valence-corrected chi connectivity index (χ3v) is 19.8. The van der Waals surface area contributed by atoms with Gasteiger partial charge < -0.3 is 19.6 Å². The lowest BCUT2D eigenvalue weighted by Crippen LogP contribution is -2.40. The molecule has 1 N–H and O–H groups in total. The van der Waals surface area contributed by atoms with Crippen molar-refractivity contribution in [2.75, 3.05) is 33.3 Å². The number of carbonyl (C=O) groups is 4. The summed E-state index contributed by atoms with van der Waals surface area (Å²) in [5.74, 6) is -0.201. The van der Waals surface area contributed by atoms with Gasteiger partial charge in [0.05, 0.1) is 52.7 Å². The summed E-state index contributed by atoms with van der Waals surface area (Å²) in [6.07, 6.45) is 9.70. The number of aryl methyl sites for hydroxylation is 4. The first-order valence-corrected chi connectivity index (χ1v) is 30.3. The number of thiazole rings is 2. The third-order valence-electron chi connectivity index (χ3n) is 17.8. The summed E-state index contributed by atoms with van der Waals surface area (Å²) in [5, 5.41) is 24.6. The lowest BCUT2D eigenvalue weighted by atomic mass is 9.63. The standard InChI is InChI=1S/C32H42N4O3S.C31H40N4O3S/c1-21-17-24(8-10-29(38)39-6)34-36(21)19-28(37)35-15-11-22(12-16-35)30-33-27(20-40-30)23-7-9-25-26(18-23)32(4,5)14-13-31(25,2)3;1-20-16-23(7-9-28(37)38)33-35(20)18-27(36)34-14-10-21(11-15-34)29-32-26(19-39-29)22-6-8-24-25(17-22)31(4,5)13-12-30(24,2)3/h7,9,17-18,20,22H,8,10-16,19H2,1-6H3;6,8,16-17,19,21H,7,9-15,18H2,1-5H3,(H,37,38). The van der Waals surface area contributed by atoms with Gasteiger partial charge in [-0.1, -0.05) is 79.7 Å². The highest BCUT2D eigenvalue weighted by molar-refractivity contribution is 7.10. The maximum Gasteiger partial charge on any atom is 0.305 e. The van der Waals surface area contributed by atoms with E-state index in [1.165, 1.54) is 76.2 Å². The quantitative estimate of drug-likeness (QED) is 0.104. The third kappa shape index (κ3) is 13.1. The molecule has 0 saturated carbocycles. The van der Waals surface area contributed by atoms with Gasteiger partial charge in [0.1, 0.15) is 13.1 Å². The molecule has 2 fully saturated rings. The van der Waals surface area contributed by atoms with Gasteiger partial charge in [-0.25, -0.2) is 9.97 Å². The van der Waals surface area contributed by atoms with Crippen LogP contribution in [0.3, 0.4) is 0 Å². The second-order valence-electron chi connectivity index (χ2n) is 25.3. The molecule has 2 aliphatic carbocycles. The fraction of sp³-hybridized carbons (Fsp3) is 0.556.